The smallest absolute Gasteiger partial charge is 0.335 e. The van der Waals surface area contributed by atoms with E-state index in [-0.39, 0.29) is 0 Å². The number of ether oxygens (including phenoxy) is 1. The molecule has 5 heteroatoms. The second-order valence-corrected chi connectivity index (χ2v) is 1.84. The number of rotatable bonds is 3. The minimum absolute atomic E-state index is 0.313. The monoisotopic (exact) mass is 159 g/mol. The molecule has 0 radical (unpaired) electrons. The van der Waals surface area contributed by atoms with E-state index in [1.165, 1.54) is 6.92 Å². The van der Waals surface area contributed by atoms with Crippen LogP contribution in [0.5, 0.6) is 0 Å². The topological polar surface area (TPSA) is 72.5 Å². The summed E-state index contributed by atoms with van der Waals surface area (Å²) in [6.07, 6.45) is 0.313. The highest BCUT2D eigenvalue weighted by Crippen LogP contribution is 1.82. The van der Waals surface area contributed by atoms with E-state index < -0.39 is 17.9 Å². The Labute approximate surface area is 63.7 Å². The largest absolute Gasteiger partial charge is 0.467 e. The Morgan fingerprint density at radius 3 is 2.36 bits per heavy atom. The van der Waals surface area contributed by atoms with Crippen molar-refractivity contribution in [3.8, 4) is 0 Å². The van der Waals surface area contributed by atoms with Gasteiger partial charge in [0.15, 0.2) is 12.3 Å². The molecule has 0 saturated carbocycles. The molecule has 0 fully saturated rings. The van der Waals surface area contributed by atoms with Crippen LogP contribution in [-0.2, 0) is 19.1 Å². The first-order chi connectivity index (χ1) is 5.11. The Morgan fingerprint density at radius 2 is 2.09 bits per heavy atom. The van der Waals surface area contributed by atoms with E-state index in [2.05, 4.69) is 10.1 Å². The molecule has 0 aliphatic rings. The second kappa shape index (κ2) is 4.43. The van der Waals surface area contributed by atoms with E-state index in [0.717, 1.165) is 7.11 Å². The van der Waals surface area contributed by atoms with Crippen LogP contribution in [-0.4, -0.2) is 31.3 Å². The summed E-state index contributed by atoms with van der Waals surface area (Å²) >= 11 is 0. The van der Waals surface area contributed by atoms with Crippen LogP contribution in [0.25, 0.3) is 0 Å². The van der Waals surface area contributed by atoms with E-state index in [1.807, 2.05) is 0 Å². The van der Waals surface area contributed by atoms with Crippen LogP contribution in [0.4, 0.5) is 0 Å². The molecule has 1 amide bonds. The van der Waals surface area contributed by atoms with Crippen molar-refractivity contribution in [3.05, 3.63) is 0 Å². The van der Waals surface area contributed by atoms with E-state index in [0.29, 0.717) is 6.29 Å². The Hall–Kier alpha value is -1.39. The highest BCUT2D eigenvalue weighted by atomic mass is 16.5. The van der Waals surface area contributed by atoms with Crippen molar-refractivity contribution in [2.75, 3.05) is 7.11 Å². The zero-order chi connectivity index (χ0) is 8.85. The summed E-state index contributed by atoms with van der Waals surface area (Å²) in [6, 6.07) is -1.18. The summed E-state index contributed by atoms with van der Waals surface area (Å²) in [7, 11) is 1.14. The quantitative estimate of drug-likeness (QED) is 0.321. The van der Waals surface area contributed by atoms with Crippen LogP contribution in [0.3, 0.4) is 0 Å². The number of amides is 1. The Bertz CT molecular complexity index is 177. The lowest BCUT2D eigenvalue weighted by molar-refractivity contribution is -0.146. The summed E-state index contributed by atoms with van der Waals surface area (Å²) in [4.78, 5) is 31.1. The zero-order valence-corrected chi connectivity index (χ0v) is 6.29. The van der Waals surface area contributed by atoms with Crippen molar-refractivity contribution < 1.29 is 19.1 Å². The van der Waals surface area contributed by atoms with Gasteiger partial charge in [-0.2, -0.15) is 0 Å². The van der Waals surface area contributed by atoms with Crippen molar-refractivity contribution >= 4 is 18.2 Å². The lowest BCUT2D eigenvalue weighted by Gasteiger charge is -2.07. The Kier molecular flexibility index (Phi) is 3.87. The van der Waals surface area contributed by atoms with Gasteiger partial charge in [-0.3, -0.25) is 4.79 Å². The third-order valence-corrected chi connectivity index (χ3v) is 0.950. The first kappa shape index (κ1) is 9.61. The number of hydrogen-bond acceptors (Lipinski definition) is 4. The molecule has 0 bridgehead atoms. The SMILES string of the molecule is COC(=O)C(C=O)NC(C)=O. The van der Waals surface area contributed by atoms with Crippen molar-refractivity contribution in [3.63, 3.8) is 0 Å². The van der Waals surface area contributed by atoms with Crippen molar-refractivity contribution in [1.29, 1.82) is 0 Å². The third kappa shape index (κ3) is 3.34. The van der Waals surface area contributed by atoms with Crippen molar-refractivity contribution in [2.45, 2.75) is 13.0 Å². The van der Waals surface area contributed by atoms with E-state index in [4.69, 9.17) is 0 Å². The predicted octanol–water partition coefficient (Wildman–Crippen LogP) is -1.14. The fraction of sp³-hybridized carbons (Fsp3) is 0.500. The third-order valence-electron chi connectivity index (χ3n) is 0.950. The molecule has 1 N–H and O–H groups in total. The normalized spacial score (nSPS) is 11.5. The number of esters is 1. The Morgan fingerprint density at radius 1 is 1.55 bits per heavy atom. The number of carbonyl (C=O) groups excluding carboxylic acids is 3. The van der Waals surface area contributed by atoms with Gasteiger partial charge >= 0.3 is 5.97 Å². The fourth-order valence-corrected chi connectivity index (χ4v) is 0.494. The average molecular weight is 159 g/mol. The van der Waals surface area contributed by atoms with Crippen molar-refractivity contribution in [2.24, 2.45) is 0 Å². The molecule has 1 unspecified atom stereocenters. The van der Waals surface area contributed by atoms with Crippen LogP contribution in [0.2, 0.25) is 0 Å². The number of carbonyl (C=O) groups is 3. The molecule has 0 aliphatic heterocycles. The number of hydrogen-bond donors (Lipinski definition) is 1. The fourth-order valence-electron chi connectivity index (χ4n) is 0.494. The first-order valence-electron chi connectivity index (χ1n) is 2.92. The molecule has 5 nitrogen and oxygen atoms in total. The average Bonchev–Trinajstić information content (AvgIpc) is 1.98. The molecule has 0 rings (SSSR count). The molecular formula is C6H9NO4. The van der Waals surface area contributed by atoms with Crippen LogP contribution in [0, 0.1) is 0 Å². The van der Waals surface area contributed by atoms with E-state index in [1.54, 1.807) is 0 Å². The predicted molar refractivity (Wildman–Crippen MR) is 35.7 cm³/mol. The second-order valence-electron chi connectivity index (χ2n) is 1.84. The maximum atomic E-state index is 10.6. The van der Waals surface area contributed by atoms with Gasteiger partial charge in [-0.15, -0.1) is 0 Å². The first-order valence-corrected chi connectivity index (χ1v) is 2.92. The lowest BCUT2D eigenvalue weighted by Crippen LogP contribution is -2.41. The van der Waals surface area contributed by atoms with Gasteiger partial charge in [0.2, 0.25) is 5.91 Å². The number of nitrogens with one attached hydrogen (secondary N) is 1. The number of aldehydes is 1. The standard InChI is InChI=1S/C6H9NO4/c1-4(9)7-5(3-8)6(10)11-2/h3,5H,1-2H3,(H,7,9). The molecule has 0 aliphatic carbocycles. The minimum Gasteiger partial charge on any atom is -0.467 e. The maximum absolute atomic E-state index is 10.6. The highest BCUT2D eigenvalue weighted by Gasteiger charge is 2.18. The highest BCUT2D eigenvalue weighted by molar-refractivity contribution is 5.95. The molecule has 0 aromatic rings. The lowest BCUT2D eigenvalue weighted by atomic mass is 10.3. The van der Waals surface area contributed by atoms with E-state index >= 15 is 0 Å². The Balaban J connectivity index is 4.05. The summed E-state index contributed by atoms with van der Waals surface area (Å²) in [5.41, 5.74) is 0. The summed E-state index contributed by atoms with van der Waals surface area (Å²) < 4.78 is 4.22. The zero-order valence-electron chi connectivity index (χ0n) is 6.29. The molecule has 0 aromatic carbocycles. The molecule has 0 heterocycles. The van der Waals surface area contributed by atoms with Crippen LogP contribution < -0.4 is 5.32 Å². The molecule has 62 valence electrons. The van der Waals surface area contributed by atoms with Crippen LogP contribution in [0.15, 0.2) is 0 Å². The molecule has 1 atom stereocenters. The van der Waals surface area contributed by atoms with Crippen LogP contribution in [0.1, 0.15) is 6.92 Å². The van der Waals surface area contributed by atoms with E-state index in [9.17, 15) is 14.4 Å². The summed E-state index contributed by atoms with van der Waals surface area (Å²) in [5, 5.41) is 2.10. The van der Waals surface area contributed by atoms with Gasteiger partial charge in [-0.25, -0.2) is 4.79 Å². The van der Waals surface area contributed by atoms with Gasteiger partial charge in [-0.05, 0) is 0 Å². The van der Waals surface area contributed by atoms with Gasteiger partial charge < -0.3 is 14.8 Å². The van der Waals surface area contributed by atoms with Crippen LogP contribution >= 0.6 is 0 Å². The van der Waals surface area contributed by atoms with Gasteiger partial charge in [0.25, 0.3) is 0 Å². The number of methoxy groups -OCH3 is 1. The van der Waals surface area contributed by atoms with Gasteiger partial charge in [0, 0.05) is 6.92 Å². The molecule has 11 heavy (non-hydrogen) atoms. The van der Waals surface area contributed by atoms with Crippen molar-refractivity contribution in [1.82, 2.24) is 5.32 Å². The summed E-state index contributed by atoms with van der Waals surface area (Å²) in [6.45, 7) is 1.21. The minimum atomic E-state index is -1.18. The molecule has 0 aromatic heterocycles. The molecular weight excluding hydrogens is 150 g/mol. The summed E-state index contributed by atoms with van der Waals surface area (Å²) in [5.74, 6) is -1.22. The molecule has 0 spiro atoms. The van der Waals surface area contributed by atoms with Gasteiger partial charge in [0.1, 0.15) is 0 Å². The maximum Gasteiger partial charge on any atom is 0.335 e. The molecule has 0 saturated heterocycles. The van der Waals surface area contributed by atoms with Gasteiger partial charge in [0.05, 0.1) is 7.11 Å². The van der Waals surface area contributed by atoms with Gasteiger partial charge in [-0.1, -0.05) is 0 Å².